The molecular weight excluding hydrogens is 248 g/mol. The lowest BCUT2D eigenvalue weighted by Gasteiger charge is -2.08. The van der Waals surface area contributed by atoms with E-state index < -0.39 is 9.84 Å². The van der Waals surface area contributed by atoms with Crippen LogP contribution in [0.4, 0.5) is 0 Å². The first-order valence-electron chi connectivity index (χ1n) is 5.80. The van der Waals surface area contributed by atoms with E-state index in [0.29, 0.717) is 27.7 Å². The molecule has 2 rings (SSSR count). The number of hydrogen-bond acceptors (Lipinski definition) is 3. The van der Waals surface area contributed by atoms with E-state index in [1.807, 2.05) is 6.92 Å². The fraction of sp³-hybridized carbons (Fsp3) is 0.214. The minimum atomic E-state index is -3.28. The molecule has 0 amide bonds. The van der Waals surface area contributed by atoms with E-state index in [9.17, 15) is 13.2 Å². The number of fused-ring (bicyclic) bond motifs is 1. The van der Waals surface area contributed by atoms with E-state index in [0.717, 1.165) is 6.29 Å². The second kappa shape index (κ2) is 4.90. The van der Waals surface area contributed by atoms with Gasteiger partial charge in [0.15, 0.2) is 16.1 Å². The van der Waals surface area contributed by atoms with Crippen molar-refractivity contribution in [2.24, 2.45) is 0 Å². The molecule has 0 aliphatic carbocycles. The number of benzene rings is 2. The Bertz CT molecular complexity index is 687. The largest absolute Gasteiger partial charge is 0.298 e. The van der Waals surface area contributed by atoms with Crippen molar-refractivity contribution >= 4 is 26.9 Å². The highest BCUT2D eigenvalue weighted by atomic mass is 32.2. The Morgan fingerprint density at radius 3 is 2.33 bits per heavy atom. The van der Waals surface area contributed by atoms with E-state index in [1.165, 1.54) is 6.07 Å². The van der Waals surface area contributed by atoms with Crippen LogP contribution in [0.15, 0.2) is 41.3 Å². The Labute approximate surface area is 106 Å². The van der Waals surface area contributed by atoms with Crippen LogP contribution in [0.3, 0.4) is 0 Å². The molecule has 2 aromatic rings. The summed E-state index contributed by atoms with van der Waals surface area (Å²) >= 11 is 0. The Balaban J connectivity index is 2.79. The van der Waals surface area contributed by atoms with Crippen LogP contribution in [-0.2, 0) is 9.84 Å². The fourth-order valence-corrected chi connectivity index (χ4v) is 3.59. The van der Waals surface area contributed by atoms with Gasteiger partial charge in [-0.05, 0) is 23.9 Å². The van der Waals surface area contributed by atoms with Crippen molar-refractivity contribution in [2.45, 2.75) is 18.2 Å². The van der Waals surface area contributed by atoms with Crippen LogP contribution in [0.1, 0.15) is 23.7 Å². The molecule has 2 aromatic carbocycles. The molecule has 0 aliphatic heterocycles. The van der Waals surface area contributed by atoms with Crippen molar-refractivity contribution in [1.82, 2.24) is 0 Å². The molecule has 0 aromatic heterocycles. The first kappa shape index (κ1) is 12.8. The summed E-state index contributed by atoms with van der Waals surface area (Å²) in [5.41, 5.74) is 0.515. The van der Waals surface area contributed by atoms with Gasteiger partial charge in [-0.15, -0.1) is 0 Å². The Hall–Kier alpha value is -1.68. The lowest BCUT2D eigenvalue weighted by molar-refractivity contribution is 0.112. The lowest BCUT2D eigenvalue weighted by Crippen LogP contribution is -2.07. The van der Waals surface area contributed by atoms with E-state index in [2.05, 4.69) is 0 Å². The zero-order valence-electron chi connectivity index (χ0n) is 10.1. The number of carbonyl (C=O) groups excluding carboxylic acids is 1. The minimum Gasteiger partial charge on any atom is -0.298 e. The van der Waals surface area contributed by atoms with Crippen molar-refractivity contribution in [3.8, 4) is 0 Å². The van der Waals surface area contributed by atoms with Gasteiger partial charge in [0.1, 0.15) is 0 Å². The van der Waals surface area contributed by atoms with E-state index in [-0.39, 0.29) is 5.75 Å². The van der Waals surface area contributed by atoms with Crippen LogP contribution < -0.4 is 0 Å². The third kappa shape index (κ3) is 2.16. The zero-order valence-corrected chi connectivity index (χ0v) is 10.9. The molecule has 3 nitrogen and oxygen atoms in total. The number of sulfone groups is 1. The van der Waals surface area contributed by atoms with Crippen molar-refractivity contribution in [2.75, 3.05) is 5.75 Å². The predicted octanol–water partition coefficient (Wildman–Crippen LogP) is 2.84. The van der Waals surface area contributed by atoms with Gasteiger partial charge < -0.3 is 0 Å². The Morgan fingerprint density at radius 2 is 1.72 bits per heavy atom. The Kier molecular flexibility index (Phi) is 3.48. The normalized spacial score (nSPS) is 11.6. The molecule has 0 saturated carbocycles. The van der Waals surface area contributed by atoms with Gasteiger partial charge in [-0.2, -0.15) is 0 Å². The molecule has 0 atom stereocenters. The molecule has 0 bridgehead atoms. The number of carbonyl (C=O) groups is 1. The zero-order chi connectivity index (χ0) is 13.2. The maximum absolute atomic E-state index is 12.2. The third-order valence-corrected chi connectivity index (χ3v) is 4.82. The molecule has 94 valence electrons. The fourth-order valence-electron chi connectivity index (χ4n) is 2.05. The van der Waals surface area contributed by atoms with Crippen molar-refractivity contribution in [1.29, 1.82) is 0 Å². The highest BCUT2D eigenvalue weighted by Crippen LogP contribution is 2.26. The predicted molar refractivity (Wildman–Crippen MR) is 71.7 cm³/mol. The summed E-state index contributed by atoms with van der Waals surface area (Å²) in [6.07, 6.45) is 1.32. The molecule has 0 aliphatic rings. The molecule has 0 fully saturated rings. The van der Waals surface area contributed by atoms with Crippen molar-refractivity contribution < 1.29 is 13.2 Å². The van der Waals surface area contributed by atoms with Gasteiger partial charge in [0, 0.05) is 10.9 Å². The first-order valence-corrected chi connectivity index (χ1v) is 7.45. The molecule has 0 radical (unpaired) electrons. The molecule has 18 heavy (non-hydrogen) atoms. The van der Waals surface area contributed by atoms with Crippen molar-refractivity contribution in [3.05, 3.63) is 42.0 Å². The lowest BCUT2D eigenvalue weighted by atomic mass is 10.1. The van der Waals surface area contributed by atoms with Crippen LogP contribution in [-0.4, -0.2) is 20.5 Å². The second-order valence-corrected chi connectivity index (χ2v) is 6.21. The summed E-state index contributed by atoms with van der Waals surface area (Å²) in [5.74, 6) is 0.122. The number of hydrogen-bond donors (Lipinski definition) is 0. The minimum absolute atomic E-state index is 0.122. The highest BCUT2D eigenvalue weighted by molar-refractivity contribution is 7.91. The Morgan fingerprint density at radius 1 is 1.06 bits per heavy atom. The van der Waals surface area contributed by atoms with Gasteiger partial charge in [0.05, 0.1) is 10.6 Å². The van der Waals surface area contributed by atoms with Gasteiger partial charge in [0.25, 0.3) is 0 Å². The third-order valence-electron chi connectivity index (χ3n) is 2.85. The maximum Gasteiger partial charge on any atom is 0.178 e. The topological polar surface area (TPSA) is 51.2 Å². The molecular formula is C14H14O3S. The number of rotatable bonds is 4. The highest BCUT2D eigenvalue weighted by Gasteiger charge is 2.17. The molecule has 0 spiro atoms. The average Bonchev–Trinajstić information content (AvgIpc) is 2.37. The standard InChI is InChI=1S/C14H14O3S/c1-2-9-18(16,17)14-8-7-11(10-15)12-5-3-4-6-13(12)14/h3-8,10H,2,9H2,1H3. The molecule has 4 heteroatoms. The van der Waals surface area contributed by atoms with Crippen LogP contribution in [0, 0.1) is 0 Å². The average molecular weight is 262 g/mol. The summed E-state index contributed by atoms with van der Waals surface area (Å²) in [5, 5.41) is 1.31. The maximum atomic E-state index is 12.2. The van der Waals surface area contributed by atoms with Gasteiger partial charge in [-0.1, -0.05) is 31.2 Å². The number of aldehydes is 1. The summed E-state index contributed by atoms with van der Waals surface area (Å²) in [7, 11) is -3.28. The van der Waals surface area contributed by atoms with E-state index in [1.54, 1.807) is 30.3 Å². The smallest absolute Gasteiger partial charge is 0.178 e. The molecule has 0 heterocycles. The SMILES string of the molecule is CCCS(=O)(=O)c1ccc(C=O)c2ccccc12. The van der Waals surface area contributed by atoms with Crippen LogP contribution >= 0.6 is 0 Å². The van der Waals surface area contributed by atoms with Gasteiger partial charge >= 0.3 is 0 Å². The molecule has 0 N–H and O–H groups in total. The summed E-state index contributed by atoms with van der Waals surface area (Å²) in [6.45, 7) is 1.83. The van der Waals surface area contributed by atoms with E-state index in [4.69, 9.17) is 0 Å². The summed E-state index contributed by atoms with van der Waals surface area (Å²) < 4.78 is 24.3. The van der Waals surface area contributed by atoms with Gasteiger partial charge in [-0.3, -0.25) is 4.79 Å². The monoisotopic (exact) mass is 262 g/mol. The summed E-state index contributed by atoms with van der Waals surface area (Å²) in [6, 6.07) is 10.2. The van der Waals surface area contributed by atoms with Crippen LogP contribution in [0.2, 0.25) is 0 Å². The molecule has 0 saturated heterocycles. The van der Waals surface area contributed by atoms with E-state index >= 15 is 0 Å². The van der Waals surface area contributed by atoms with Gasteiger partial charge in [-0.25, -0.2) is 8.42 Å². The van der Waals surface area contributed by atoms with Crippen LogP contribution in [0.5, 0.6) is 0 Å². The first-order chi connectivity index (χ1) is 8.60. The molecule has 0 unspecified atom stereocenters. The summed E-state index contributed by atoms with van der Waals surface area (Å²) in [4.78, 5) is 11.3. The van der Waals surface area contributed by atoms with Gasteiger partial charge in [0.2, 0.25) is 0 Å². The quantitative estimate of drug-likeness (QED) is 0.796. The second-order valence-electron chi connectivity index (χ2n) is 4.14. The van der Waals surface area contributed by atoms with Crippen LogP contribution in [0.25, 0.3) is 10.8 Å². The van der Waals surface area contributed by atoms with Crippen molar-refractivity contribution in [3.63, 3.8) is 0 Å².